The van der Waals surface area contributed by atoms with Gasteiger partial charge < -0.3 is 5.11 Å². The number of non-ortho nitro benzene ring substituents is 1. The summed E-state index contributed by atoms with van der Waals surface area (Å²) in [4.78, 5) is 23.1. The molecule has 0 aliphatic heterocycles. The fraction of sp³-hybridized carbons (Fsp3) is 0.462. The third-order valence-electron chi connectivity index (χ3n) is 3.31. The first-order chi connectivity index (χ1) is 8.88. The predicted molar refractivity (Wildman–Crippen MR) is 71.0 cm³/mol. The minimum absolute atomic E-state index is 0.0207. The van der Waals surface area contributed by atoms with Crippen LogP contribution in [0, 0.1) is 10.1 Å². The molecule has 0 amide bonds. The minimum atomic E-state index is -0.911. The van der Waals surface area contributed by atoms with E-state index in [1.165, 1.54) is 12.1 Å². The number of nitrogens with zero attached hydrogens (tertiary/aromatic N) is 2. The zero-order valence-corrected chi connectivity index (χ0v) is 11.2. The smallest absolute Gasteiger partial charge is 0.320 e. The minimum Gasteiger partial charge on any atom is -0.480 e. The lowest BCUT2D eigenvalue weighted by molar-refractivity contribution is -0.385. The lowest BCUT2D eigenvalue weighted by atomic mass is 10.0. The van der Waals surface area contributed by atoms with Crippen LogP contribution in [0.3, 0.4) is 0 Å². The fourth-order valence-electron chi connectivity index (χ4n) is 2.05. The maximum Gasteiger partial charge on any atom is 0.320 e. The van der Waals surface area contributed by atoms with Crippen LogP contribution in [0.2, 0.25) is 0 Å². The fourth-order valence-corrected chi connectivity index (χ4v) is 2.05. The lowest BCUT2D eigenvalue weighted by Crippen LogP contribution is -2.38. The molecule has 0 fully saturated rings. The highest BCUT2D eigenvalue weighted by Gasteiger charge is 2.25. The Hall–Kier alpha value is -1.95. The number of aliphatic carboxylic acids is 1. The Balaban J connectivity index is 3.06. The van der Waals surface area contributed by atoms with Crippen molar-refractivity contribution in [3.63, 3.8) is 0 Å². The Bertz CT molecular complexity index is 475. The Morgan fingerprint density at radius 3 is 2.63 bits per heavy atom. The van der Waals surface area contributed by atoms with Crippen LogP contribution < -0.4 is 0 Å². The third-order valence-corrected chi connectivity index (χ3v) is 3.31. The Labute approximate surface area is 111 Å². The molecule has 0 aromatic heterocycles. The van der Waals surface area contributed by atoms with Crippen molar-refractivity contribution in [3.8, 4) is 0 Å². The van der Waals surface area contributed by atoms with E-state index >= 15 is 0 Å². The molecule has 104 valence electrons. The summed E-state index contributed by atoms with van der Waals surface area (Å²) in [7, 11) is 1.71. The number of hydrogen-bond acceptors (Lipinski definition) is 4. The number of likely N-dealkylation sites (N-methyl/N-ethyl adjacent to an activating group) is 1. The topological polar surface area (TPSA) is 83.7 Å². The third kappa shape index (κ3) is 3.51. The molecule has 0 saturated heterocycles. The highest BCUT2D eigenvalue weighted by Crippen LogP contribution is 2.27. The normalized spacial score (nSPS) is 14.1. The van der Waals surface area contributed by atoms with Gasteiger partial charge in [0.15, 0.2) is 0 Å². The van der Waals surface area contributed by atoms with Crippen molar-refractivity contribution in [3.05, 3.63) is 39.9 Å². The second-order valence-corrected chi connectivity index (χ2v) is 4.46. The number of nitro benzene ring substituents is 1. The average Bonchev–Trinajstić information content (AvgIpc) is 2.38. The van der Waals surface area contributed by atoms with Crippen LogP contribution in [0.4, 0.5) is 5.69 Å². The quantitative estimate of drug-likeness (QED) is 0.631. The summed E-state index contributed by atoms with van der Waals surface area (Å²) < 4.78 is 0. The van der Waals surface area contributed by atoms with Crippen molar-refractivity contribution in [1.29, 1.82) is 0 Å². The lowest BCUT2D eigenvalue weighted by Gasteiger charge is -2.30. The highest BCUT2D eigenvalue weighted by molar-refractivity contribution is 5.72. The van der Waals surface area contributed by atoms with Gasteiger partial charge in [0.1, 0.15) is 6.04 Å². The van der Waals surface area contributed by atoms with Crippen LogP contribution in [0.1, 0.15) is 31.9 Å². The molecule has 0 aliphatic carbocycles. The molecule has 1 N–H and O–H groups in total. The standard InChI is InChI=1S/C13H18N2O4/c1-4-12(14(3)9(2)13(16)17)10-6-5-7-11(8-10)15(18)19/h5-9,12H,4H2,1-3H3,(H,16,17). The zero-order valence-electron chi connectivity index (χ0n) is 11.2. The van der Waals surface area contributed by atoms with Gasteiger partial charge in [0, 0.05) is 18.2 Å². The van der Waals surface area contributed by atoms with E-state index in [1.807, 2.05) is 6.92 Å². The number of carbonyl (C=O) groups is 1. The SMILES string of the molecule is CCC(c1cccc([N+](=O)[O-])c1)N(C)C(C)C(=O)O. The van der Waals surface area contributed by atoms with Gasteiger partial charge in [0.2, 0.25) is 0 Å². The van der Waals surface area contributed by atoms with Gasteiger partial charge in [-0.1, -0.05) is 19.1 Å². The van der Waals surface area contributed by atoms with Crippen LogP contribution in [0.25, 0.3) is 0 Å². The van der Waals surface area contributed by atoms with E-state index in [0.717, 1.165) is 5.56 Å². The zero-order chi connectivity index (χ0) is 14.6. The van der Waals surface area contributed by atoms with Crippen LogP contribution in [-0.4, -0.2) is 34.0 Å². The van der Waals surface area contributed by atoms with Crippen molar-refractivity contribution in [2.45, 2.75) is 32.4 Å². The molecule has 0 saturated carbocycles. The van der Waals surface area contributed by atoms with E-state index in [-0.39, 0.29) is 11.7 Å². The molecule has 0 heterocycles. The van der Waals surface area contributed by atoms with Crippen molar-refractivity contribution in [2.24, 2.45) is 0 Å². The molecule has 2 unspecified atom stereocenters. The van der Waals surface area contributed by atoms with Gasteiger partial charge in [-0.25, -0.2) is 0 Å². The number of nitro groups is 1. The highest BCUT2D eigenvalue weighted by atomic mass is 16.6. The molecule has 19 heavy (non-hydrogen) atoms. The molecular weight excluding hydrogens is 248 g/mol. The molecule has 0 spiro atoms. The molecule has 1 aromatic rings. The molecule has 2 atom stereocenters. The van der Waals surface area contributed by atoms with E-state index in [4.69, 9.17) is 5.11 Å². The molecule has 0 bridgehead atoms. The summed E-state index contributed by atoms with van der Waals surface area (Å²) in [5.41, 5.74) is 0.777. The van der Waals surface area contributed by atoms with E-state index in [2.05, 4.69) is 0 Å². The number of rotatable bonds is 6. The molecular formula is C13H18N2O4. The second-order valence-electron chi connectivity index (χ2n) is 4.46. The first kappa shape index (κ1) is 15.1. The number of hydrogen-bond donors (Lipinski definition) is 1. The van der Waals surface area contributed by atoms with Crippen LogP contribution in [-0.2, 0) is 4.79 Å². The van der Waals surface area contributed by atoms with Crippen molar-refractivity contribution < 1.29 is 14.8 Å². The summed E-state index contributed by atoms with van der Waals surface area (Å²) in [6.45, 7) is 3.52. The largest absolute Gasteiger partial charge is 0.480 e. The van der Waals surface area contributed by atoms with Crippen molar-refractivity contribution in [1.82, 2.24) is 4.90 Å². The number of carboxylic acid groups (broad SMARTS) is 1. The summed E-state index contributed by atoms with van der Waals surface area (Å²) in [6, 6.07) is 5.52. The summed E-state index contributed by atoms with van der Waals surface area (Å²) >= 11 is 0. The molecule has 0 radical (unpaired) electrons. The Morgan fingerprint density at radius 2 is 2.16 bits per heavy atom. The van der Waals surface area contributed by atoms with E-state index in [1.54, 1.807) is 31.0 Å². The second kappa shape index (κ2) is 6.29. The predicted octanol–water partition coefficient (Wildman–Crippen LogP) is 2.45. The van der Waals surface area contributed by atoms with Gasteiger partial charge >= 0.3 is 5.97 Å². The van der Waals surface area contributed by atoms with Gasteiger partial charge in [-0.15, -0.1) is 0 Å². The van der Waals surface area contributed by atoms with E-state index < -0.39 is 16.9 Å². The molecule has 6 heteroatoms. The summed E-state index contributed by atoms with van der Waals surface area (Å²) in [5.74, 6) is -0.911. The Kier molecular flexibility index (Phi) is 5.00. The van der Waals surface area contributed by atoms with Gasteiger partial charge in [-0.05, 0) is 26.0 Å². The van der Waals surface area contributed by atoms with Gasteiger partial charge in [-0.3, -0.25) is 19.8 Å². The van der Waals surface area contributed by atoms with Crippen LogP contribution >= 0.6 is 0 Å². The molecule has 1 rings (SSSR count). The first-order valence-electron chi connectivity index (χ1n) is 6.07. The Morgan fingerprint density at radius 1 is 1.53 bits per heavy atom. The average molecular weight is 266 g/mol. The van der Waals surface area contributed by atoms with Crippen LogP contribution in [0.5, 0.6) is 0 Å². The van der Waals surface area contributed by atoms with Gasteiger partial charge in [-0.2, -0.15) is 0 Å². The van der Waals surface area contributed by atoms with Gasteiger partial charge in [0.05, 0.1) is 4.92 Å². The van der Waals surface area contributed by atoms with E-state index in [9.17, 15) is 14.9 Å². The number of benzene rings is 1. The van der Waals surface area contributed by atoms with Crippen LogP contribution in [0.15, 0.2) is 24.3 Å². The summed E-state index contributed by atoms with van der Waals surface area (Å²) in [5, 5.41) is 19.8. The van der Waals surface area contributed by atoms with Gasteiger partial charge in [0.25, 0.3) is 5.69 Å². The molecule has 1 aromatic carbocycles. The molecule has 0 aliphatic rings. The first-order valence-corrected chi connectivity index (χ1v) is 6.07. The maximum absolute atomic E-state index is 11.0. The number of carboxylic acids is 1. The van der Waals surface area contributed by atoms with Crippen molar-refractivity contribution >= 4 is 11.7 Å². The summed E-state index contributed by atoms with van der Waals surface area (Å²) in [6.07, 6.45) is 0.676. The van der Waals surface area contributed by atoms with Crippen molar-refractivity contribution in [2.75, 3.05) is 7.05 Å². The monoisotopic (exact) mass is 266 g/mol. The van der Waals surface area contributed by atoms with E-state index in [0.29, 0.717) is 6.42 Å². The molecule has 6 nitrogen and oxygen atoms in total. The maximum atomic E-state index is 11.0.